The predicted octanol–water partition coefficient (Wildman–Crippen LogP) is 3.50. The molecule has 0 atom stereocenters. The first kappa shape index (κ1) is 16.9. The third kappa shape index (κ3) is 4.32. The van der Waals surface area contributed by atoms with Crippen LogP contribution in [0.2, 0.25) is 0 Å². The zero-order chi connectivity index (χ0) is 17.6. The summed E-state index contributed by atoms with van der Waals surface area (Å²) >= 11 is 0. The van der Waals surface area contributed by atoms with Crippen molar-refractivity contribution in [2.24, 2.45) is 0 Å². The molecule has 1 aromatic carbocycles. The topological polar surface area (TPSA) is 68.3 Å². The zero-order valence-corrected chi connectivity index (χ0v) is 13.3. The van der Waals surface area contributed by atoms with Crippen molar-refractivity contribution in [1.82, 2.24) is 10.3 Å². The largest absolute Gasteiger partial charge is 0.469 e. The van der Waals surface area contributed by atoms with Crippen LogP contribution < -0.4 is 5.32 Å². The zero-order valence-electron chi connectivity index (χ0n) is 13.3. The molecule has 1 N–H and O–H groups in total. The smallest absolute Gasteiger partial charge is 0.220 e. The predicted molar refractivity (Wildman–Crippen MR) is 85.6 cm³/mol. The molecule has 2 aromatic heterocycles. The van der Waals surface area contributed by atoms with Crippen LogP contribution >= 0.6 is 0 Å². The molecule has 0 aliphatic rings. The van der Waals surface area contributed by atoms with Crippen molar-refractivity contribution in [3.63, 3.8) is 0 Å². The molecule has 0 spiro atoms. The van der Waals surface area contributed by atoms with E-state index in [-0.39, 0.29) is 36.0 Å². The number of hydrogen-bond donors (Lipinski definition) is 1. The fourth-order valence-electron chi connectivity index (χ4n) is 2.36. The number of aromatic nitrogens is 1. The van der Waals surface area contributed by atoms with Crippen molar-refractivity contribution in [3.05, 3.63) is 66.1 Å². The molecule has 0 aliphatic heterocycles. The average molecular weight is 346 g/mol. The summed E-state index contributed by atoms with van der Waals surface area (Å²) in [6.07, 6.45) is 3.84. The highest BCUT2D eigenvalue weighted by Crippen LogP contribution is 2.26. The molecule has 0 aliphatic carbocycles. The Morgan fingerprint density at radius 3 is 2.64 bits per heavy atom. The summed E-state index contributed by atoms with van der Waals surface area (Å²) in [4.78, 5) is 15.8. The van der Waals surface area contributed by atoms with Gasteiger partial charge in [-0.25, -0.2) is 13.8 Å². The van der Waals surface area contributed by atoms with Gasteiger partial charge in [-0.05, 0) is 24.3 Å². The number of carbonyl (C=O) groups excluding carboxylic acids is 1. The second kappa shape index (κ2) is 7.74. The first-order valence-corrected chi connectivity index (χ1v) is 7.81. The molecular weight excluding hydrogens is 330 g/mol. The van der Waals surface area contributed by atoms with E-state index in [0.29, 0.717) is 13.0 Å². The van der Waals surface area contributed by atoms with Gasteiger partial charge in [-0.2, -0.15) is 0 Å². The number of hydrogen-bond acceptors (Lipinski definition) is 4. The summed E-state index contributed by atoms with van der Waals surface area (Å²) in [7, 11) is 0. The number of amides is 1. The SMILES string of the molecule is O=C(CCc1ncc(-c2c(F)cccc2F)o1)NCCc1ccco1. The van der Waals surface area contributed by atoms with Crippen LogP contribution in [0, 0.1) is 11.6 Å². The Labute approximate surface area is 142 Å². The summed E-state index contributed by atoms with van der Waals surface area (Å²) < 4.78 is 38.0. The van der Waals surface area contributed by atoms with Crippen LogP contribution in [0.15, 0.2) is 51.6 Å². The van der Waals surface area contributed by atoms with Crippen LogP contribution in [0.4, 0.5) is 8.78 Å². The summed E-state index contributed by atoms with van der Waals surface area (Å²) in [5.74, 6) is -0.563. The number of rotatable bonds is 7. The highest BCUT2D eigenvalue weighted by Gasteiger charge is 2.16. The number of oxazole rings is 1. The number of nitrogens with zero attached hydrogens (tertiary/aromatic N) is 1. The van der Waals surface area contributed by atoms with E-state index in [1.54, 1.807) is 12.3 Å². The Morgan fingerprint density at radius 2 is 1.92 bits per heavy atom. The monoisotopic (exact) mass is 346 g/mol. The van der Waals surface area contributed by atoms with E-state index in [9.17, 15) is 13.6 Å². The minimum Gasteiger partial charge on any atom is -0.469 e. The molecule has 7 heteroatoms. The van der Waals surface area contributed by atoms with Crippen molar-refractivity contribution in [3.8, 4) is 11.3 Å². The summed E-state index contributed by atoms with van der Waals surface area (Å²) in [6.45, 7) is 0.462. The minimum absolute atomic E-state index is 0.00354. The Morgan fingerprint density at radius 1 is 1.12 bits per heavy atom. The lowest BCUT2D eigenvalue weighted by Gasteiger charge is -2.03. The van der Waals surface area contributed by atoms with Gasteiger partial charge in [0.15, 0.2) is 11.7 Å². The second-order valence-electron chi connectivity index (χ2n) is 5.39. The van der Waals surface area contributed by atoms with Gasteiger partial charge in [0.25, 0.3) is 0 Å². The van der Waals surface area contributed by atoms with E-state index in [4.69, 9.17) is 8.83 Å². The lowest BCUT2D eigenvalue weighted by atomic mass is 10.1. The van der Waals surface area contributed by atoms with Crippen LogP contribution in [-0.2, 0) is 17.6 Å². The Hall–Kier alpha value is -2.96. The molecule has 130 valence electrons. The van der Waals surface area contributed by atoms with Gasteiger partial charge in [0.1, 0.15) is 17.4 Å². The van der Waals surface area contributed by atoms with Gasteiger partial charge < -0.3 is 14.2 Å². The number of nitrogens with one attached hydrogen (secondary N) is 1. The normalized spacial score (nSPS) is 10.8. The van der Waals surface area contributed by atoms with E-state index < -0.39 is 11.6 Å². The highest BCUT2D eigenvalue weighted by atomic mass is 19.1. The first-order chi connectivity index (χ1) is 12.1. The second-order valence-corrected chi connectivity index (χ2v) is 5.39. The lowest BCUT2D eigenvalue weighted by Crippen LogP contribution is -2.25. The number of furan rings is 1. The highest BCUT2D eigenvalue weighted by molar-refractivity contribution is 5.76. The molecule has 5 nitrogen and oxygen atoms in total. The molecule has 2 heterocycles. The Kier molecular flexibility index (Phi) is 5.23. The standard InChI is InChI=1S/C18H16F2N2O3/c19-13-4-1-5-14(20)18(13)15-11-22-17(25-15)7-6-16(23)21-9-8-12-3-2-10-24-12/h1-5,10-11H,6-9H2,(H,21,23). The van der Waals surface area contributed by atoms with Crippen LogP contribution in [-0.4, -0.2) is 17.4 Å². The third-order valence-corrected chi connectivity index (χ3v) is 3.60. The quantitative estimate of drug-likeness (QED) is 0.711. The lowest BCUT2D eigenvalue weighted by molar-refractivity contribution is -0.121. The van der Waals surface area contributed by atoms with Crippen molar-refractivity contribution in [2.45, 2.75) is 19.3 Å². The fraction of sp³-hybridized carbons (Fsp3) is 0.222. The first-order valence-electron chi connectivity index (χ1n) is 7.81. The molecule has 0 saturated heterocycles. The average Bonchev–Trinajstić information content (AvgIpc) is 3.25. The molecule has 0 bridgehead atoms. The molecule has 0 fully saturated rings. The van der Waals surface area contributed by atoms with Crippen LogP contribution in [0.3, 0.4) is 0 Å². The van der Waals surface area contributed by atoms with Gasteiger partial charge in [-0.1, -0.05) is 6.07 Å². The van der Waals surface area contributed by atoms with Gasteiger partial charge in [0.2, 0.25) is 5.91 Å². The van der Waals surface area contributed by atoms with E-state index in [1.165, 1.54) is 12.3 Å². The molecule has 25 heavy (non-hydrogen) atoms. The van der Waals surface area contributed by atoms with Crippen LogP contribution in [0.25, 0.3) is 11.3 Å². The van der Waals surface area contributed by atoms with E-state index in [2.05, 4.69) is 10.3 Å². The number of aryl methyl sites for hydroxylation is 1. The minimum atomic E-state index is -0.724. The van der Waals surface area contributed by atoms with Crippen LogP contribution in [0.5, 0.6) is 0 Å². The summed E-state index contributed by atoms with van der Waals surface area (Å²) in [6, 6.07) is 7.19. The molecule has 0 radical (unpaired) electrons. The van der Waals surface area contributed by atoms with Gasteiger partial charge in [0.05, 0.1) is 18.0 Å². The number of halogens is 2. The Balaban J connectivity index is 1.51. The maximum absolute atomic E-state index is 13.7. The van der Waals surface area contributed by atoms with E-state index in [1.807, 2.05) is 6.07 Å². The van der Waals surface area contributed by atoms with Gasteiger partial charge in [0, 0.05) is 25.8 Å². The van der Waals surface area contributed by atoms with Crippen molar-refractivity contribution < 1.29 is 22.4 Å². The molecule has 3 rings (SSSR count). The molecule has 0 unspecified atom stereocenters. The number of benzene rings is 1. The molecule has 1 amide bonds. The van der Waals surface area contributed by atoms with E-state index >= 15 is 0 Å². The fourth-order valence-corrected chi connectivity index (χ4v) is 2.36. The van der Waals surface area contributed by atoms with Crippen molar-refractivity contribution in [1.29, 1.82) is 0 Å². The van der Waals surface area contributed by atoms with Gasteiger partial charge >= 0.3 is 0 Å². The maximum atomic E-state index is 13.7. The van der Waals surface area contributed by atoms with Gasteiger partial charge in [-0.3, -0.25) is 4.79 Å². The third-order valence-electron chi connectivity index (χ3n) is 3.60. The molecule has 0 saturated carbocycles. The molecular formula is C18H16F2N2O3. The number of carbonyl (C=O) groups is 1. The van der Waals surface area contributed by atoms with Crippen molar-refractivity contribution >= 4 is 5.91 Å². The Bertz CT molecular complexity index is 824. The maximum Gasteiger partial charge on any atom is 0.220 e. The van der Waals surface area contributed by atoms with Crippen LogP contribution in [0.1, 0.15) is 18.1 Å². The molecule has 3 aromatic rings. The van der Waals surface area contributed by atoms with E-state index in [0.717, 1.165) is 17.9 Å². The summed E-state index contributed by atoms with van der Waals surface area (Å²) in [5, 5.41) is 2.76. The van der Waals surface area contributed by atoms with Crippen molar-refractivity contribution in [2.75, 3.05) is 6.54 Å². The summed E-state index contributed by atoms with van der Waals surface area (Å²) in [5.41, 5.74) is -0.260. The van der Waals surface area contributed by atoms with Gasteiger partial charge in [-0.15, -0.1) is 0 Å².